The van der Waals surface area contributed by atoms with Crippen LogP contribution in [0.15, 0.2) is 59.5 Å². The number of unbranched alkanes of at least 4 members (excludes halogenated alkanes) is 3. The molecule has 250 valence electrons. The monoisotopic (exact) mass is 656 g/mol. The van der Waals surface area contributed by atoms with Crippen molar-refractivity contribution in [2.24, 2.45) is 5.92 Å². The van der Waals surface area contributed by atoms with E-state index in [1.165, 1.54) is 16.0 Å². The average Bonchev–Trinajstić information content (AvgIpc) is 3.01. The molecule has 1 unspecified atom stereocenters. The molecule has 1 aliphatic rings. The molecule has 0 fully saturated rings. The Kier molecular flexibility index (Phi) is 13.6. The lowest BCUT2D eigenvalue weighted by Gasteiger charge is -2.42. The number of carbonyl (C=O) groups is 1. The van der Waals surface area contributed by atoms with Gasteiger partial charge in [0.1, 0.15) is 11.5 Å². The number of carbonyl (C=O) groups excluding carboxylic acids is 1. The molecule has 1 heterocycles. The van der Waals surface area contributed by atoms with Crippen molar-refractivity contribution in [3.8, 4) is 11.5 Å². The minimum atomic E-state index is -5.58. The van der Waals surface area contributed by atoms with Gasteiger partial charge in [-0.25, -0.2) is 0 Å². The van der Waals surface area contributed by atoms with Crippen LogP contribution in [0.5, 0.6) is 11.5 Å². The molecule has 0 radical (unpaired) electrons. The van der Waals surface area contributed by atoms with Gasteiger partial charge in [0.25, 0.3) is 0 Å². The molecular formula is C35H45F5O4S. The first-order valence-corrected chi connectivity index (χ1v) is 16.6. The minimum absolute atomic E-state index is 0.0512. The Morgan fingerprint density at radius 2 is 1.62 bits per heavy atom. The maximum Gasteiger partial charge on any atom is 0.453 e. The number of methoxy groups -OCH3 is 2. The fourth-order valence-corrected chi connectivity index (χ4v) is 7.30. The number of hydrogen-bond acceptors (Lipinski definition) is 5. The van der Waals surface area contributed by atoms with E-state index in [0.717, 1.165) is 42.9 Å². The standard InChI is InChI=1S/C35H45F5O4S/c1-5-44-32(41)25(14-12-22-34(36,37)35(38,39)40)13-10-8-6-7-9-11-15-30-29-21-20-28(43-4)23-31(29)45-24-33(30,2)26-16-18-27(42-3)19-17-26/h9,11,16-21,23,25,30H,5-8,10,12-15,22,24H2,1-4H3/b11-9+/t25?,30-,33-/m0/s1. The number of allylic oxidation sites excluding steroid dienone is 2. The molecule has 0 amide bonds. The molecule has 0 aromatic heterocycles. The summed E-state index contributed by atoms with van der Waals surface area (Å²) < 4.78 is 80.0. The SMILES string of the molecule is CCOC(=O)C(CCCCC/C=C/C[C@H]1c2ccc(OC)cc2SC[C@@]1(C)c1ccc(OC)cc1)CCCC(F)(F)C(F)(F)F. The summed E-state index contributed by atoms with van der Waals surface area (Å²) in [6.07, 6.45) is 1.52. The van der Waals surface area contributed by atoms with Crippen LogP contribution in [0.2, 0.25) is 0 Å². The zero-order valence-corrected chi connectivity index (χ0v) is 27.4. The number of fused-ring (bicyclic) bond motifs is 1. The second-order valence-electron chi connectivity index (χ2n) is 11.8. The number of alkyl halides is 5. The molecule has 0 bridgehead atoms. The van der Waals surface area contributed by atoms with Crippen LogP contribution in [-0.2, 0) is 14.9 Å². The Balaban J connectivity index is 1.56. The molecule has 0 saturated heterocycles. The van der Waals surface area contributed by atoms with Gasteiger partial charge in [0, 0.05) is 22.5 Å². The number of esters is 1. The maximum absolute atomic E-state index is 13.3. The second-order valence-corrected chi connectivity index (χ2v) is 12.8. The number of halogens is 5. The summed E-state index contributed by atoms with van der Waals surface area (Å²) in [5.74, 6) is -3.13. The summed E-state index contributed by atoms with van der Waals surface area (Å²) in [4.78, 5) is 13.5. The van der Waals surface area contributed by atoms with E-state index in [1.54, 1.807) is 21.1 Å². The van der Waals surface area contributed by atoms with Crippen LogP contribution in [-0.4, -0.2) is 44.6 Å². The van der Waals surface area contributed by atoms with Gasteiger partial charge in [-0.2, -0.15) is 22.0 Å². The second kappa shape index (κ2) is 16.7. The third-order valence-corrected chi connectivity index (χ3v) is 10.1. The van der Waals surface area contributed by atoms with Crippen molar-refractivity contribution in [2.45, 2.75) is 100.0 Å². The van der Waals surface area contributed by atoms with E-state index in [4.69, 9.17) is 14.2 Å². The van der Waals surface area contributed by atoms with Crippen LogP contribution >= 0.6 is 11.8 Å². The van der Waals surface area contributed by atoms with Gasteiger partial charge in [-0.1, -0.05) is 50.1 Å². The third kappa shape index (κ3) is 9.87. The van der Waals surface area contributed by atoms with Gasteiger partial charge in [0.05, 0.1) is 26.7 Å². The number of ether oxygens (including phenoxy) is 3. The zero-order valence-electron chi connectivity index (χ0n) is 26.6. The van der Waals surface area contributed by atoms with Gasteiger partial charge in [-0.05, 0) is 86.8 Å². The van der Waals surface area contributed by atoms with Crippen LogP contribution in [0.4, 0.5) is 22.0 Å². The Morgan fingerprint density at radius 1 is 0.956 bits per heavy atom. The highest BCUT2D eigenvalue weighted by Crippen LogP contribution is 2.52. The lowest BCUT2D eigenvalue weighted by Crippen LogP contribution is -2.36. The topological polar surface area (TPSA) is 44.8 Å². The first-order chi connectivity index (χ1) is 21.4. The molecule has 1 aliphatic heterocycles. The highest BCUT2D eigenvalue weighted by Gasteiger charge is 2.56. The smallest absolute Gasteiger partial charge is 0.453 e. The fraction of sp³-hybridized carbons (Fsp3) is 0.571. The van der Waals surface area contributed by atoms with Crippen molar-refractivity contribution in [3.63, 3.8) is 0 Å². The normalized spacial score (nSPS) is 19.3. The quantitative estimate of drug-likeness (QED) is 0.0734. The Morgan fingerprint density at radius 3 is 2.27 bits per heavy atom. The van der Waals surface area contributed by atoms with E-state index in [0.29, 0.717) is 12.8 Å². The van der Waals surface area contributed by atoms with Gasteiger partial charge < -0.3 is 14.2 Å². The summed E-state index contributed by atoms with van der Waals surface area (Å²) in [6, 6.07) is 14.6. The lowest BCUT2D eigenvalue weighted by molar-refractivity contribution is -0.284. The molecule has 45 heavy (non-hydrogen) atoms. The van der Waals surface area contributed by atoms with Crippen molar-refractivity contribution in [1.82, 2.24) is 0 Å². The molecule has 10 heteroatoms. The summed E-state index contributed by atoms with van der Waals surface area (Å²) in [7, 11) is 3.34. The lowest BCUT2D eigenvalue weighted by atomic mass is 9.68. The van der Waals surface area contributed by atoms with E-state index in [-0.39, 0.29) is 24.4 Å². The molecule has 2 aromatic carbocycles. The van der Waals surface area contributed by atoms with Crippen molar-refractivity contribution in [1.29, 1.82) is 0 Å². The average molecular weight is 657 g/mol. The summed E-state index contributed by atoms with van der Waals surface area (Å²) >= 11 is 1.85. The van der Waals surface area contributed by atoms with Crippen molar-refractivity contribution in [3.05, 3.63) is 65.7 Å². The van der Waals surface area contributed by atoms with Gasteiger partial charge >= 0.3 is 18.1 Å². The van der Waals surface area contributed by atoms with E-state index in [9.17, 15) is 26.7 Å². The predicted octanol–water partition coefficient (Wildman–Crippen LogP) is 10.3. The van der Waals surface area contributed by atoms with Crippen molar-refractivity contribution < 1.29 is 41.0 Å². The number of benzene rings is 2. The largest absolute Gasteiger partial charge is 0.497 e. The molecule has 3 rings (SSSR count). The fourth-order valence-electron chi connectivity index (χ4n) is 5.90. The molecule has 3 atom stereocenters. The van der Waals surface area contributed by atoms with Crippen LogP contribution < -0.4 is 9.47 Å². The van der Waals surface area contributed by atoms with Crippen LogP contribution in [0.3, 0.4) is 0 Å². The molecule has 0 N–H and O–H groups in total. The minimum Gasteiger partial charge on any atom is -0.497 e. The number of hydrogen-bond donors (Lipinski definition) is 0. The molecule has 0 saturated carbocycles. The highest BCUT2D eigenvalue weighted by atomic mass is 32.2. The predicted molar refractivity (Wildman–Crippen MR) is 169 cm³/mol. The summed E-state index contributed by atoms with van der Waals surface area (Å²) in [5.41, 5.74) is 2.46. The Labute approximate surface area is 268 Å². The Bertz CT molecular complexity index is 1250. The summed E-state index contributed by atoms with van der Waals surface area (Å²) in [5, 5.41) is 0. The van der Waals surface area contributed by atoms with Crippen LogP contribution in [0.1, 0.15) is 88.7 Å². The van der Waals surface area contributed by atoms with Gasteiger partial charge in [-0.15, -0.1) is 11.8 Å². The first kappa shape index (κ1) is 36.7. The highest BCUT2D eigenvalue weighted by molar-refractivity contribution is 7.99. The molecule has 0 aliphatic carbocycles. The van der Waals surface area contributed by atoms with Gasteiger partial charge in [0.15, 0.2) is 0 Å². The van der Waals surface area contributed by atoms with Gasteiger partial charge in [-0.3, -0.25) is 4.79 Å². The van der Waals surface area contributed by atoms with Gasteiger partial charge in [0.2, 0.25) is 0 Å². The summed E-state index contributed by atoms with van der Waals surface area (Å²) in [6.45, 7) is 4.09. The Hall–Kier alpha value is -2.75. The number of thioether (sulfide) groups is 1. The van der Waals surface area contributed by atoms with Crippen molar-refractivity contribution in [2.75, 3.05) is 26.6 Å². The zero-order chi connectivity index (χ0) is 33.1. The van der Waals surface area contributed by atoms with E-state index in [1.807, 2.05) is 30.0 Å². The third-order valence-electron chi connectivity index (χ3n) is 8.68. The molecule has 4 nitrogen and oxygen atoms in total. The number of rotatable bonds is 17. The van der Waals surface area contributed by atoms with Crippen LogP contribution in [0, 0.1) is 5.92 Å². The van der Waals surface area contributed by atoms with E-state index in [2.05, 4.69) is 43.3 Å². The molecular weight excluding hydrogens is 611 g/mol. The van der Waals surface area contributed by atoms with E-state index >= 15 is 0 Å². The first-order valence-electron chi connectivity index (χ1n) is 15.6. The molecule has 0 spiro atoms. The maximum atomic E-state index is 13.3. The molecule has 2 aromatic rings. The van der Waals surface area contributed by atoms with Crippen molar-refractivity contribution >= 4 is 17.7 Å². The van der Waals surface area contributed by atoms with Crippen LogP contribution in [0.25, 0.3) is 0 Å². The van der Waals surface area contributed by atoms with E-state index < -0.39 is 36.8 Å².